The van der Waals surface area contributed by atoms with Gasteiger partial charge in [0.15, 0.2) is 0 Å². The molecule has 0 aliphatic heterocycles. The normalized spacial score (nSPS) is 28.3. The number of hydrogen-bond donors (Lipinski definition) is 1. The number of hydrogen-bond acceptors (Lipinski definition) is 2. The van der Waals surface area contributed by atoms with Gasteiger partial charge in [-0.2, -0.15) is 0 Å². The maximum absolute atomic E-state index is 5.65. The van der Waals surface area contributed by atoms with Crippen LogP contribution >= 0.6 is 0 Å². The summed E-state index contributed by atoms with van der Waals surface area (Å²) in [4.78, 5) is 0. The molecule has 1 unspecified atom stereocenters. The largest absolute Gasteiger partial charge is 0.379 e. The van der Waals surface area contributed by atoms with E-state index in [1.165, 1.54) is 25.7 Å². The fourth-order valence-electron chi connectivity index (χ4n) is 2.73. The van der Waals surface area contributed by atoms with Gasteiger partial charge < -0.3 is 10.1 Å². The van der Waals surface area contributed by atoms with Crippen LogP contribution in [0.3, 0.4) is 0 Å². The third-order valence-corrected chi connectivity index (χ3v) is 3.88. The molecule has 96 valence electrons. The number of nitrogens with one attached hydrogen (secondary N) is 1. The molecular weight excluding hydrogens is 198 g/mol. The average Bonchev–Trinajstić information content (AvgIpc) is 2.26. The molecule has 1 fully saturated rings. The van der Waals surface area contributed by atoms with Crippen molar-refractivity contribution in [3.8, 4) is 0 Å². The van der Waals surface area contributed by atoms with Gasteiger partial charge in [-0.05, 0) is 52.0 Å². The van der Waals surface area contributed by atoms with Crippen LogP contribution < -0.4 is 5.32 Å². The van der Waals surface area contributed by atoms with Crippen molar-refractivity contribution in [2.75, 3.05) is 13.7 Å². The van der Waals surface area contributed by atoms with Gasteiger partial charge in [-0.25, -0.2) is 0 Å². The first-order valence-corrected chi connectivity index (χ1v) is 6.92. The first kappa shape index (κ1) is 14.0. The molecule has 0 aromatic rings. The number of rotatable bonds is 6. The van der Waals surface area contributed by atoms with Crippen LogP contribution in [0.2, 0.25) is 0 Å². The second-order valence-corrected chi connectivity index (χ2v) is 5.62. The van der Waals surface area contributed by atoms with Crippen LogP contribution in [0.4, 0.5) is 0 Å². The van der Waals surface area contributed by atoms with Crippen LogP contribution in [-0.4, -0.2) is 25.8 Å². The lowest BCUT2D eigenvalue weighted by Crippen LogP contribution is -2.36. The van der Waals surface area contributed by atoms with E-state index in [9.17, 15) is 0 Å². The molecule has 1 atom stereocenters. The summed E-state index contributed by atoms with van der Waals surface area (Å²) < 4.78 is 5.65. The van der Waals surface area contributed by atoms with Crippen LogP contribution in [0.25, 0.3) is 0 Å². The van der Waals surface area contributed by atoms with Gasteiger partial charge in [0.2, 0.25) is 0 Å². The molecule has 0 radical (unpaired) electrons. The van der Waals surface area contributed by atoms with Crippen molar-refractivity contribution < 1.29 is 4.74 Å². The summed E-state index contributed by atoms with van der Waals surface area (Å²) in [6, 6.07) is 0.659. The molecule has 2 nitrogen and oxygen atoms in total. The Labute approximate surface area is 101 Å². The van der Waals surface area contributed by atoms with Gasteiger partial charge in [-0.15, -0.1) is 0 Å². The summed E-state index contributed by atoms with van der Waals surface area (Å²) >= 11 is 0. The van der Waals surface area contributed by atoms with E-state index in [0.29, 0.717) is 12.1 Å². The lowest BCUT2D eigenvalue weighted by Gasteiger charge is -2.32. The summed E-state index contributed by atoms with van der Waals surface area (Å²) in [6.07, 6.45) is 7.14. The molecule has 16 heavy (non-hydrogen) atoms. The molecule has 1 saturated carbocycles. The van der Waals surface area contributed by atoms with Crippen molar-refractivity contribution in [2.45, 2.75) is 65.0 Å². The second-order valence-electron chi connectivity index (χ2n) is 5.62. The molecular formula is C14H29NO. The third-order valence-electron chi connectivity index (χ3n) is 3.88. The summed E-state index contributed by atoms with van der Waals surface area (Å²) in [7, 11) is 2.10. The molecule has 2 heteroatoms. The van der Waals surface area contributed by atoms with E-state index in [2.05, 4.69) is 33.1 Å². The van der Waals surface area contributed by atoms with Crippen LogP contribution in [0.5, 0.6) is 0 Å². The Kier molecular flexibility index (Phi) is 6.37. The summed E-state index contributed by atoms with van der Waals surface area (Å²) in [5.41, 5.74) is 0. The van der Waals surface area contributed by atoms with Gasteiger partial charge in [0.05, 0.1) is 6.10 Å². The Morgan fingerprint density at radius 1 is 1.19 bits per heavy atom. The van der Waals surface area contributed by atoms with Crippen LogP contribution in [0.15, 0.2) is 0 Å². The third kappa shape index (κ3) is 4.84. The zero-order valence-corrected chi connectivity index (χ0v) is 11.5. The van der Waals surface area contributed by atoms with Gasteiger partial charge in [0.1, 0.15) is 0 Å². The molecule has 0 heterocycles. The summed E-state index contributed by atoms with van der Waals surface area (Å²) in [5.74, 6) is 1.82. The molecule has 0 spiro atoms. The Bertz CT molecular complexity index is 174. The Morgan fingerprint density at radius 3 is 2.31 bits per heavy atom. The minimum Gasteiger partial charge on any atom is -0.379 e. The van der Waals surface area contributed by atoms with E-state index < -0.39 is 0 Å². The molecule has 1 rings (SSSR count). The minimum atomic E-state index is 0.365. The lowest BCUT2D eigenvalue weighted by atomic mass is 9.78. The maximum Gasteiger partial charge on any atom is 0.0518 e. The maximum atomic E-state index is 5.65. The van der Waals surface area contributed by atoms with Gasteiger partial charge in [0.25, 0.3) is 0 Å². The molecule has 0 bridgehead atoms. The molecule has 1 aliphatic rings. The van der Waals surface area contributed by atoms with E-state index >= 15 is 0 Å². The van der Waals surface area contributed by atoms with E-state index in [1.807, 2.05) is 0 Å². The zero-order chi connectivity index (χ0) is 12.0. The average molecular weight is 227 g/mol. The highest BCUT2D eigenvalue weighted by Gasteiger charge is 2.24. The van der Waals surface area contributed by atoms with Crippen molar-refractivity contribution >= 4 is 0 Å². The fraction of sp³-hybridized carbons (Fsp3) is 1.00. The van der Waals surface area contributed by atoms with Crippen molar-refractivity contribution in [2.24, 2.45) is 11.8 Å². The molecule has 0 aromatic heterocycles. The Balaban J connectivity index is 2.24. The van der Waals surface area contributed by atoms with E-state index in [-0.39, 0.29) is 0 Å². The minimum absolute atomic E-state index is 0.365. The van der Waals surface area contributed by atoms with Gasteiger partial charge in [0, 0.05) is 12.6 Å². The van der Waals surface area contributed by atoms with E-state index in [0.717, 1.165) is 24.9 Å². The van der Waals surface area contributed by atoms with Crippen molar-refractivity contribution in [3.05, 3.63) is 0 Å². The molecule has 0 amide bonds. The first-order valence-electron chi connectivity index (χ1n) is 6.92. The van der Waals surface area contributed by atoms with E-state index in [4.69, 9.17) is 4.74 Å². The van der Waals surface area contributed by atoms with Crippen LogP contribution in [0.1, 0.15) is 52.9 Å². The van der Waals surface area contributed by atoms with E-state index in [1.54, 1.807) is 0 Å². The lowest BCUT2D eigenvalue weighted by molar-refractivity contribution is 0.0647. The predicted octanol–water partition coefficient (Wildman–Crippen LogP) is 3.22. The SMILES string of the molecule is CNC(CCOC(C)C)C1CCC(C)CC1. The van der Waals surface area contributed by atoms with Crippen LogP contribution in [0, 0.1) is 11.8 Å². The van der Waals surface area contributed by atoms with Crippen molar-refractivity contribution in [3.63, 3.8) is 0 Å². The van der Waals surface area contributed by atoms with Crippen molar-refractivity contribution in [1.82, 2.24) is 5.32 Å². The summed E-state index contributed by atoms with van der Waals surface area (Å²) in [5, 5.41) is 3.48. The molecule has 1 N–H and O–H groups in total. The Hall–Kier alpha value is -0.0800. The second kappa shape index (κ2) is 7.29. The standard InChI is InChI=1S/C14H29NO/c1-11(2)16-10-9-14(15-4)13-7-5-12(3)6-8-13/h11-15H,5-10H2,1-4H3. The fourth-order valence-corrected chi connectivity index (χ4v) is 2.73. The highest BCUT2D eigenvalue weighted by molar-refractivity contribution is 4.80. The van der Waals surface area contributed by atoms with Gasteiger partial charge in [-0.1, -0.05) is 19.8 Å². The smallest absolute Gasteiger partial charge is 0.0518 e. The quantitative estimate of drug-likeness (QED) is 0.752. The zero-order valence-electron chi connectivity index (χ0n) is 11.5. The van der Waals surface area contributed by atoms with Crippen molar-refractivity contribution in [1.29, 1.82) is 0 Å². The molecule has 0 saturated heterocycles. The first-order chi connectivity index (χ1) is 7.63. The van der Waals surface area contributed by atoms with Crippen LogP contribution in [-0.2, 0) is 4.74 Å². The summed E-state index contributed by atoms with van der Waals surface area (Å²) in [6.45, 7) is 7.50. The van der Waals surface area contributed by atoms with Gasteiger partial charge >= 0.3 is 0 Å². The topological polar surface area (TPSA) is 21.3 Å². The monoisotopic (exact) mass is 227 g/mol. The highest BCUT2D eigenvalue weighted by atomic mass is 16.5. The molecule has 1 aliphatic carbocycles. The highest BCUT2D eigenvalue weighted by Crippen LogP contribution is 2.31. The molecule has 0 aromatic carbocycles. The Morgan fingerprint density at radius 2 is 1.81 bits per heavy atom. The van der Waals surface area contributed by atoms with Gasteiger partial charge in [-0.3, -0.25) is 0 Å². The number of ether oxygens (including phenoxy) is 1. The predicted molar refractivity (Wildman–Crippen MR) is 69.7 cm³/mol.